The fourth-order valence-corrected chi connectivity index (χ4v) is 6.05. The van der Waals surface area contributed by atoms with Gasteiger partial charge in [-0.1, -0.05) is 24.6 Å². The number of amides is 2. The van der Waals surface area contributed by atoms with Crippen molar-refractivity contribution in [2.45, 2.75) is 24.2 Å². The van der Waals surface area contributed by atoms with E-state index in [-0.39, 0.29) is 23.3 Å². The van der Waals surface area contributed by atoms with Crippen LogP contribution in [0.25, 0.3) is 0 Å². The van der Waals surface area contributed by atoms with Crippen molar-refractivity contribution in [2.75, 3.05) is 43.1 Å². The van der Waals surface area contributed by atoms with Crippen molar-refractivity contribution in [2.24, 2.45) is 0 Å². The van der Waals surface area contributed by atoms with E-state index in [9.17, 15) is 18.0 Å². The molecule has 1 N–H and O–H groups in total. The summed E-state index contributed by atoms with van der Waals surface area (Å²) in [7, 11) is -3.56. The molecule has 1 saturated heterocycles. The fourth-order valence-electron chi connectivity index (χ4n) is 4.53. The van der Waals surface area contributed by atoms with Crippen molar-refractivity contribution in [3.63, 3.8) is 0 Å². The number of fused-ring (bicyclic) bond motifs is 1. The smallest absolute Gasteiger partial charge is 0.265 e. The SMILES string of the molecule is O=C(Nc1ccc2c(c1)OCC(=O)N2CCOc1ccccc1)c1ccc(S(=O)(=O)N2CCCCC2)cc1. The van der Waals surface area contributed by atoms with Crippen LogP contribution in [0, 0.1) is 0 Å². The van der Waals surface area contributed by atoms with E-state index in [4.69, 9.17) is 9.47 Å². The van der Waals surface area contributed by atoms with E-state index in [1.54, 1.807) is 23.1 Å². The highest BCUT2D eigenvalue weighted by atomic mass is 32.2. The van der Waals surface area contributed by atoms with Crippen LogP contribution in [0.5, 0.6) is 11.5 Å². The number of nitrogens with zero attached hydrogens (tertiary/aromatic N) is 2. The third-order valence-electron chi connectivity index (χ3n) is 6.56. The molecule has 0 unspecified atom stereocenters. The van der Waals surface area contributed by atoms with E-state index in [0.717, 1.165) is 25.0 Å². The number of ether oxygens (including phenoxy) is 2. The lowest BCUT2D eigenvalue weighted by atomic mass is 10.2. The van der Waals surface area contributed by atoms with Crippen LogP contribution < -0.4 is 19.7 Å². The van der Waals surface area contributed by atoms with Gasteiger partial charge in [-0.15, -0.1) is 0 Å². The van der Waals surface area contributed by atoms with E-state index < -0.39 is 10.0 Å². The first-order chi connectivity index (χ1) is 18.4. The summed E-state index contributed by atoms with van der Waals surface area (Å²) in [5.41, 5.74) is 1.42. The van der Waals surface area contributed by atoms with E-state index in [2.05, 4.69) is 5.32 Å². The highest BCUT2D eigenvalue weighted by molar-refractivity contribution is 7.89. The zero-order valence-electron chi connectivity index (χ0n) is 20.8. The van der Waals surface area contributed by atoms with Crippen molar-refractivity contribution in [3.05, 3.63) is 78.4 Å². The summed E-state index contributed by atoms with van der Waals surface area (Å²) in [5, 5.41) is 2.81. The first-order valence-corrected chi connectivity index (χ1v) is 14.0. The van der Waals surface area contributed by atoms with Gasteiger partial charge in [-0.2, -0.15) is 4.31 Å². The molecule has 2 aliphatic rings. The van der Waals surface area contributed by atoms with E-state index in [1.807, 2.05) is 30.3 Å². The number of anilines is 2. The van der Waals surface area contributed by atoms with Crippen LogP contribution in [0.2, 0.25) is 0 Å². The molecule has 0 saturated carbocycles. The Bertz CT molecular complexity index is 1400. The van der Waals surface area contributed by atoms with Crippen molar-refractivity contribution in [1.29, 1.82) is 0 Å². The Morgan fingerprint density at radius 2 is 1.68 bits per heavy atom. The summed E-state index contributed by atoms with van der Waals surface area (Å²) in [6, 6.07) is 20.4. The van der Waals surface area contributed by atoms with Crippen molar-refractivity contribution >= 4 is 33.2 Å². The fraction of sp³-hybridized carbons (Fsp3) is 0.286. The summed E-state index contributed by atoms with van der Waals surface area (Å²) < 4.78 is 38.6. The molecule has 10 heteroatoms. The van der Waals surface area contributed by atoms with Crippen molar-refractivity contribution < 1.29 is 27.5 Å². The number of hydrogen-bond donors (Lipinski definition) is 1. The van der Waals surface area contributed by atoms with Gasteiger partial charge in [0.2, 0.25) is 10.0 Å². The molecule has 1 fully saturated rings. The molecule has 0 aromatic heterocycles. The number of carbonyl (C=O) groups is 2. The first kappa shape index (κ1) is 25.7. The monoisotopic (exact) mass is 535 g/mol. The Labute approximate surface area is 222 Å². The summed E-state index contributed by atoms with van der Waals surface area (Å²) >= 11 is 0. The Morgan fingerprint density at radius 3 is 2.42 bits per heavy atom. The highest BCUT2D eigenvalue weighted by Gasteiger charge is 2.27. The molecule has 38 heavy (non-hydrogen) atoms. The minimum absolute atomic E-state index is 0.108. The topological polar surface area (TPSA) is 105 Å². The molecule has 198 valence electrons. The molecule has 0 bridgehead atoms. The Kier molecular flexibility index (Phi) is 7.62. The predicted molar refractivity (Wildman–Crippen MR) is 143 cm³/mol. The van der Waals surface area contributed by atoms with Gasteiger partial charge in [0.1, 0.15) is 18.1 Å². The molecule has 0 spiro atoms. The molecule has 3 aromatic carbocycles. The number of para-hydroxylation sites is 1. The molecule has 9 nitrogen and oxygen atoms in total. The van der Waals surface area contributed by atoms with Crippen LogP contribution in [-0.4, -0.2) is 57.4 Å². The second kappa shape index (κ2) is 11.2. The molecule has 2 aliphatic heterocycles. The van der Waals surface area contributed by atoms with Gasteiger partial charge < -0.3 is 19.7 Å². The number of piperidine rings is 1. The maximum Gasteiger partial charge on any atom is 0.265 e. The minimum Gasteiger partial charge on any atom is -0.492 e. The number of benzene rings is 3. The van der Waals surface area contributed by atoms with Crippen LogP contribution in [0.4, 0.5) is 11.4 Å². The second-order valence-electron chi connectivity index (χ2n) is 9.12. The van der Waals surface area contributed by atoms with Crippen molar-refractivity contribution in [3.8, 4) is 11.5 Å². The summed E-state index contributed by atoms with van der Waals surface area (Å²) in [6.45, 7) is 1.60. The number of sulfonamides is 1. The van der Waals surface area contributed by atoms with Gasteiger partial charge in [-0.3, -0.25) is 9.59 Å². The van der Waals surface area contributed by atoms with Crippen LogP contribution in [-0.2, 0) is 14.8 Å². The lowest BCUT2D eigenvalue weighted by molar-refractivity contribution is -0.121. The molecule has 3 aromatic rings. The average molecular weight is 536 g/mol. The number of hydrogen-bond acceptors (Lipinski definition) is 6. The van der Waals surface area contributed by atoms with Gasteiger partial charge in [0.25, 0.3) is 11.8 Å². The lowest BCUT2D eigenvalue weighted by Gasteiger charge is -2.29. The summed E-state index contributed by atoms with van der Waals surface area (Å²) in [6.07, 6.45) is 2.76. The van der Waals surface area contributed by atoms with Gasteiger partial charge in [0.15, 0.2) is 6.61 Å². The lowest BCUT2D eigenvalue weighted by Crippen LogP contribution is -2.41. The molecule has 0 atom stereocenters. The van der Waals surface area contributed by atoms with Crippen LogP contribution in [0.3, 0.4) is 0 Å². The summed E-state index contributed by atoms with van der Waals surface area (Å²) in [5.74, 6) is 0.645. The summed E-state index contributed by atoms with van der Waals surface area (Å²) in [4.78, 5) is 27.1. The van der Waals surface area contributed by atoms with Gasteiger partial charge in [-0.25, -0.2) is 8.42 Å². The van der Waals surface area contributed by atoms with Gasteiger partial charge >= 0.3 is 0 Å². The van der Waals surface area contributed by atoms with E-state index in [1.165, 1.54) is 28.6 Å². The Balaban J connectivity index is 1.23. The van der Waals surface area contributed by atoms with Crippen LogP contribution in [0.15, 0.2) is 77.7 Å². The zero-order valence-corrected chi connectivity index (χ0v) is 21.7. The van der Waals surface area contributed by atoms with E-state index in [0.29, 0.717) is 48.9 Å². The maximum atomic E-state index is 12.9. The third kappa shape index (κ3) is 5.66. The number of nitrogens with one attached hydrogen (secondary N) is 1. The van der Waals surface area contributed by atoms with Gasteiger partial charge in [-0.05, 0) is 61.4 Å². The Morgan fingerprint density at radius 1 is 0.947 bits per heavy atom. The maximum absolute atomic E-state index is 12.9. The quantitative estimate of drug-likeness (QED) is 0.469. The molecule has 0 radical (unpaired) electrons. The molecule has 2 heterocycles. The molecular weight excluding hydrogens is 506 g/mol. The largest absolute Gasteiger partial charge is 0.492 e. The standard InChI is InChI=1S/C28H29N3O6S/c32-27-20-37-26-19-22(11-14-25(26)31(27)17-18-36-23-7-3-1-4-8-23)29-28(33)21-9-12-24(13-10-21)38(34,35)30-15-5-2-6-16-30/h1,3-4,7-14,19H,2,5-6,15-18,20H2,(H,29,33). The normalized spacial score (nSPS) is 15.9. The number of carbonyl (C=O) groups excluding carboxylic acids is 2. The number of rotatable bonds is 8. The minimum atomic E-state index is -3.56. The first-order valence-electron chi connectivity index (χ1n) is 12.6. The van der Waals surface area contributed by atoms with E-state index >= 15 is 0 Å². The predicted octanol–water partition coefficient (Wildman–Crippen LogP) is 3.92. The van der Waals surface area contributed by atoms with Gasteiger partial charge in [0.05, 0.1) is 17.1 Å². The van der Waals surface area contributed by atoms with Crippen LogP contribution in [0.1, 0.15) is 29.6 Å². The average Bonchev–Trinajstić information content (AvgIpc) is 2.95. The zero-order chi connectivity index (χ0) is 26.5. The van der Waals surface area contributed by atoms with Crippen LogP contribution >= 0.6 is 0 Å². The molecule has 0 aliphatic carbocycles. The molecule has 5 rings (SSSR count). The van der Waals surface area contributed by atoms with Crippen molar-refractivity contribution in [1.82, 2.24) is 4.31 Å². The third-order valence-corrected chi connectivity index (χ3v) is 8.47. The highest BCUT2D eigenvalue weighted by Crippen LogP contribution is 2.34. The van der Waals surface area contributed by atoms with Gasteiger partial charge in [0, 0.05) is 30.4 Å². The molecule has 2 amide bonds. The molecular formula is C28H29N3O6S. The Hall–Kier alpha value is -3.89. The second-order valence-corrected chi connectivity index (χ2v) is 11.1.